The molecule has 108 valence electrons. The molecule has 0 radical (unpaired) electrons. The van der Waals surface area contributed by atoms with Crippen molar-refractivity contribution in [3.8, 4) is 11.6 Å². The molecule has 7 nitrogen and oxygen atoms in total. The van der Waals surface area contributed by atoms with Gasteiger partial charge in [-0.05, 0) is 27.7 Å². The number of nitrogens with zero attached hydrogens (tertiary/aromatic N) is 4. The van der Waals surface area contributed by atoms with Crippen LogP contribution >= 0.6 is 11.8 Å². The predicted octanol–water partition coefficient (Wildman–Crippen LogP) is 2.17. The summed E-state index contributed by atoms with van der Waals surface area (Å²) >= 11 is 1.13. The fourth-order valence-corrected chi connectivity index (χ4v) is 2.56. The van der Waals surface area contributed by atoms with E-state index in [2.05, 4.69) is 15.4 Å². The number of hydrogen-bond donors (Lipinski definition) is 1. The van der Waals surface area contributed by atoms with Crippen molar-refractivity contribution in [3.63, 3.8) is 0 Å². The molecule has 2 rings (SSSR count). The first-order chi connectivity index (χ1) is 9.29. The molecule has 1 N–H and O–H groups in total. The molecule has 0 atom stereocenters. The van der Waals surface area contributed by atoms with Crippen molar-refractivity contribution in [2.75, 3.05) is 5.75 Å². The van der Waals surface area contributed by atoms with Crippen molar-refractivity contribution in [1.82, 2.24) is 19.9 Å². The van der Waals surface area contributed by atoms with E-state index in [0.29, 0.717) is 16.7 Å². The van der Waals surface area contributed by atoms with Crippen LogP contribution in [0.15, 0.2) is 15.7 Å². The van der Waals surface area contributed by atoms with Gasteiger partial charge in [-0.25, -0.2) is 0 Å². The van der Waals surface area contributed by atoms with Gasteiger partial charge >= 0.3 is 5.97 Å². The molecule has 0 unspecified atom stereocenters. The van der Waals surface area contributed by atoms with Gasteiger partial charge in [0.25, 0.3) is 0 Å². The van der Waals surface area contributed by atoms with Crippen LogP contribution in [0.4, 0.5) is 0 Å². The highest BCUT2D eigenvalue weighted by atomic mass is 32.2. The van der Waals surface area contributed by atoms with E-state index in [1.54, 1.807) is 6.07 Å². The van der Waals surface area contributed by atoms with Gasteiger partial charge in [0.1, 0.15) is 0 Å². The second-order valence-corrected chi connectivity index (χ2v) is 6.27. The van der Waals surface area contributed by atoms with Crippen LogP contribution in [-0.2, 0) is 10.3 Å². The molecule has 8 heteroatoms. The highest BCUT2D eigenvalue weighted by Gasteiger charge is 2.26. The number of aromatic nitrogens is 4. The molecular formula is C12H16N4O3S. The maximum absolute atomic E-state index is 10.7. The van der Waals surface area contributed by atoms with E-state index >= 15 is 0 Å². The van der Waals surface area contributed by atoms with Crippen LogP contribution in [0.2, 0.25) is 0 Å². The molecule has 2 heterocycles. The Labute approximate surface area is 120 Å². The molecule has 0 aliphatic carbocycles. The number of rotatable bonds is 4. The number of carboxylic acids is 1. The van der Waals surface area contributed by atoms with Crippen molar-refractivity contribution in [2.24, 2.45) is 0 Å². The van der Waals surface area contributed by atoms with Gasteiger partial charge in [-0.2, -0.15) is 0 Å². The van der Waals surface area contributed by atoms with Crippen LogP contribution in [0.3, 0.4) is 0 Å². The lowest BCUT2D eigenvalue weighted by Crippen LogP contribution is -2.24. The fraction of sp³-hybridized carbons (Fsp3) is 0.500. The molecule has 0 aliphatic heterocycles. The number of thioether (sulfide) groups is 1. The van der Waals surface area contributed by atoms with Crippen molar-refractivity contribution in [3.05, 3.63) is 11.8 Å². The van der Waals surface area contributed by atoms with E-state index in [-0.39, 0.29) is 11.3 Å². The SMILES string of the molecule is Cc1cc(-c2nnc(SCC(=O)O)n2C(C)(C)C)on1. The molecule has 0 bridgehead atoms. The largest absolute Gasteiger partial charge is 0.481 e. The van der Waals surface area contributed by atoms with Crippen molar-refractivity contribution < 1.29 is 14.4 Å². The lowest BCUT2D eigenvalue weighted by atomic mass is 10.1. The highest BCUT2D eigenvalue weighted by Crippen LogP contribution is 2.30. The minimum Gasteiger partial charge on any atom is -0.481 e. The first-order valence-electron chi connectivity index (χ1n) is 6.03. The molecule has 0 aromatic carbocycles. The first kappa shape index (κ1) is 14.6. The zero-order valence-corrected chi connectivity index (χ0v) is 12.6. The third kappa shape index (κ3) is 3.01. The Morgan fingerprint density at radius 3 is 2.65 bits per heavy atom. The summed E-state index contributed by atoms with van der Waals surface area (Å²) in [6.07, 6.45) is 0. The minimum absolute atomic E-state index is 0.0658. The number of carboxylic acid groups (broad SMARTS) is 1. The summed E-state index contributed by atoms with van der Waals surface area (Å²) in [5.41, 5.74) is 0.448. The summed E-state index contributed by atoms with van der Waals surface area (Å²) in [5.74, 6) is 0.109. The molecule has 20 heavy (non-hydrogen) atoms. The Morgan fingerprint density at radius 2 is 2.15 bits per heavy atom. The fourth-order valence-electron chi connectivity index (χ4n) is 1.72. The molecule has 0 amide bonds. The molecule has 2 aromatic heterocycles. The van der Waals surface area contributed by atoms with Gasteiger partial charge in [0.15, 0.2) is 5.16 Å². The van der Waals surface area contributed by atoms with E-state index in [4.69, 9.17) is 9.63 Å². The van der Waals surface area contributed by atoms with Crippen LogP contribution < -0.4 is 0 Å². The Balaban J connectivity index is 2.45. The van der Waals surface area contributed by atoms with E-state index in [0.717, 1.165) is 17.5 Å². The Bertz CT molecular complexity index is 627. The topological polar surface area (TPSA) is 94.0 Å². The highest BCUT2D eigenvalue weighted by molar-refractivity contribution is 7.99. The zero-order valence-electron chi connectivity index (χ0n) is 11.7. The molecule has 2 aromatic rings. The van der Waals surface area contributed by atoms with Gasteiger partial charge in [-0.15, -0.1) is 10.2 Å². The van der Waals surface area contributed by atoms with E-state index in [1.807, 2.05) is 32.3 Å². The number of aryl methyl sites for hydroxylation is 1. The van der Waals surface area contributed by atoms with E-state index in [9.17, 15) is 4.79 Å². The summed E-state index contributed by atoms with van der Waals surface area (Å²) in [6, 6.07) is 1.78. The van der Waals surface area contributed by atoms with E-state index < -0.39 is 5.97 Å². The van der Waals surface area contributed by atoms with Gasteiger partial charge in [-0.3, -0.25) is 9.36 Å². The predicted molar refractivity (Wildman–Crippen MR) is 73.6 cm³/mol. The maximum Gasteiger partial charge on any atom is 0.313 e. The van der Waals surface area contributed by atoms with Crippen molar-refractivity contribution >= 4 is 17.7 Å². The second-order valence-electron chi connectivity index (χ2n) is 5.33. The Kier molecular flexibility index (Phi) is 3.85. The van der Waals surface area contributed by atoms with Crippen molar-refractivity contribution in [1.29, 1.82) is 0 Å². The quantitative estimate of drug-likeness (QED) is 0.864. The van der Waals surface area contributed by atoms with Crippen molar-refractivity contribution in [2.45, 2.75) is 38.4 Å². The molecule has 0 saturated carbocycles. The Morgan fingerprint density at radius 1 is 1.45 bits per heavy atom. The third-order valence-corrected chi connectivity index (χ3v) is 3.39. The summed E-state index contributed by atoms with van der Waals surface area (Å²) in [6.45, 7) is 7.81. The molecule has 0 spiro atoms. The standard InChI is InChI=1S/C12H16N4O3S/c1-7-5-8(19-15-7)10-13-14-11(20-6-9(17)18)16(10)12(2,3)4/h5H,6H2,1-4H3,(H,17,18). The smallest absolute Gasteiger partial charge is 0.313 e. The summed E-state index contributed by atoms with van der Waals surface area (Å²) < 4.78 is 7.09. The van der Waals surface area contributed by atoms with Gasteiger partial charge in [0, 0.05) is 11.6 Å². The van der Waals surface area contributed by atoms with Gasteiger partial charge in [0.2, 0.25) is 11.6 Å². The van der Waals surface area contributed by atoms with Crippen LogP contribution in [0.5, 0.6) is 0 Å². The van der Waals surface area contributed by atoms with Gasteiger partial charge in [-0.1, -0.05) is 16.9 Å². The number of aliphatic carboxylic acids is 1. The molecule has 0 saturated heterocycles. The average Bonchev–Trinajstić information content (AvgIpc) is 2.90. The summed E-state index contributed by atoms with van der Waals surface area (Å²) in [4.78, 5) is 10.7. The lowest BCUT2D eigenvalue weighted by Gasteiger charge is -2.23. The molecule has 0 aliphatic rings. The normalized spacial score (nSPS) is 11.8. The molecule has 0 fully saturated rings. The third-order valence-electron chi connectivity index (χ3n) is 2.48. The Hall–Kier alpha value is -1.83. The monoisotopic (exact) mass is 296 g/mol. The minimum atomic E-state index is -0.893. The number of carbonyl (C=O) groups is 1. The van der Waals surface area contributed by atoms with Crippen LogP contribution in [-0.4, -0.2) is 36.7 Å². The van der Waals surface area contributed by atoms with Crippen LogP contribution in [0.25, 0.3) is 11.6 Å². The lowest BCUT2D eigenvalue weighted by molar-refractivity contribution is -0.133. The van der Waals surface area contributed by atoms with Gasteiger partial charge < -0.3 is 9.63 Å². The second kappa shape index (κ2) is 5.28. The summed E-state index contributed by atoms with van der Waals surface area (Å²) in [5, 5.41) is 21.4. The van der Waals surface area contributed by atoms with Gasteiger partial charge in [0.05, 0.1) is 11.4 Å². The number of hydrogen-bond acceptors (Lipinski definition) is 6. The maximum atomic E-state index is 10.7. The van der Waals surface area contributed by atoms with E-state index in [1.165, 1.54) is 0 Å². The summed E-state index contributed by atoms with van der Waals surface area (Å²) in [7, 11) is 0. The van der Waals surface area contributed by atoms with Crippen LogP contribution in [0.1, 0.15) is 26.5 Å². The zero-order chi connectivity index (χ0) is 14.9. The van der Waals surface area contributed by atoms with Crippen LogP contribution in [0, 0.1) is 6.92 Å². The average molecular weight is 296 g/mol. The molecular weight excluding hydrogens is 280 g/mol. The first-order valence-corrected chi connectivity index (χ1v) is 7.02.